The number of sulfone groups is 1. The van der Waals surface area contributed by atoms with Crippen LogP contribution in [0.5, 0.6) is 0 Å². The highest BCUT2D eigenvalue weighted by Crippen LogP contribution is 2.27. The fraction of sp³-hybridized carbons (Fsp3) is 0.500. The zero-order chi connectivity index (χ0) is 15.2. The van der Waals surface area contributed by atoms with Crippen LogP contribution in [-0.4, -0.2) is 19.6 Å². The lowest BCUT2D eigenvalue weighted by Crippen LogP contribution is -2.23. The molecule has 1 rings (SSSR count). The fourth-order valence-corrected chi connectivity index (χ4v) is 3.53. The van der Waals surface area contributed by atoms with Gasteiger partial charge in [0.25, 0.3) is 0 Å². The van der Waals surface area contributed by atoms with Crippen LogP contribution in [0.4, 0.5) is 0 Å². The summed E-state index contributed by atoms with van der Waals surface area (Å²) in [6, 6.07) is 8.24. The van der Waals surface area contributed by atoms with Crippen LogP contribution in [0.3, 0.4) is 0 Å². The van der Waals surface area contributed by atoms with E-state index in [9.17, 15) is 13.5 Å². The number of hydrogen-bond acceptors (Lipinski definition) is 3. The molecule has 0 spiro atoms. The van der Waals surface area contributed by atoms with Crippen LogP contribution in [0, 0.1) is 5.92 Å². The van der Waals surface area contributed by atoms with Crippen molar-refractivity contribution in [2.75, 3.05) is 0 Å². The molecule has 0 radical (unpaired) electrons. The van der Waals surface area contributed by atoms with Gasteiger partial charge in [0.05, 0.1) is 11.0 Å². The van der Waals surface area contributed by atoms with Crippen molar-refractivity contribution in [1.29, 1.82) is 0 Å². The predicted molar refractivity (Wildman–Crippen MR) is 82.1 cm³/mol. The average molecular weight is 296 g/mol. The van der Waals surface area contributed by atoms with Gasteiger partial charge in [0.2, 0.25) is 9.84 Å². The molecular weight excluding hydrogens is 272 g/mol. The van der Waals surface area contributed by atoms with Crippen molar-refractivity contribution in [2.45, 2.75) is 50.5 Å². The standard InChI is InChI=1S/C16H24O3S/c1-4-5-7-12-16(17)13(2)14(3)20(18,19)15-10-8-6-9-11-15/h6,8-11,13,16-17H,3-5,7,12H2,1-2H3/t13-,16-/m0/s1. The first-order chi connectivity index (χ1) is 9.41. The second-order valence-corrected chi connectivity index (χ2v) is 7.14. The Balaban J connectivity index is 2.78. The van der Waals surface area contributed by atoms with Gasteiger partial charge in [0.1, 0.15) is 0 Å². The second kappa shape index (κ2) is 7.60. The Labute approximate surface area is 122 Å². The maximum absolute atomic E-state index is 12.4. The number of unbranched alkanes of at least 4 members (excludes halogenated alkanes) is 2. The molecule has 2 atom stereocenters. The van der Waals surface area contributed by atoms with E-state index in [0.717, 1.165) is 19.3 Å². The monoisotopic (exact) mass is 296 g/mol. The predicted octanol–water partition coefficient (Wildman–Crippen LogP) is 3.55. The highest BCUT2D eigenvalue weighted by molar-refractivity contribution is 7.95. The Kier molecular flexibility index (Phi) is 6.43. The number of hydrogen-bond donors (Lipinski definition) is 1. The minimum atomic E-state index is -3.57. The molecule has 0 amide bonds. The third-order valence-electron chi connectivity index (χ3n) is 3.59. The lowest BCUT2D eigenvalue weighted by Gasteiger charge is -2.21. The molecule has 0 saturated carbocycles. The van der Waals surface area contributed by atoms with Crippen LogP contribution in [0.2, 0.25) is 0 Å². The highest BCUT2D eigenvalue weighted by Gasteiger charge is 2.27. The van der Waals surface area contributed by atoms with Crippen LogP contribution < -0.4 is 0 Å². The number of rotatable bonds is 8. The highest BCUT2D eigenvalue weighted by atomic mass is 32.2. The van der Waals surface area contributed by atoms with Gasteiger partial charge >= 0.3 is 0 Å². The summed E-state index contributed by atoms with van der Waals surface area (Å²) in [5, 5.41) is 10.1. The zero-order valence-electron chi connectivity index (χ0n) is 12.2. The molecule has 0 heterocycles. The zero-order valence-corrected chi connectivity index (χ0v) is 13.1. The van der Waals surface area contributed by atoms with Gasteiger partial charge in [-0.1, -0.05) is 57.9 Å². The third kappa shape index (κ3) is 4.18. The minimum absolute atomic E-state index is 0.0905. The first-order valence-corrected chi connectivity index (χ1v) is 8.56. The van der Waals surface area contributed by atoms with Gasteiger partial charge in [0.15, 0.2) is 0 Å². The molecule has 3 nitrogen and oxygen atoms in total. The molecule has 0 aliphatic rings. The van der Waals surface area contributed by atoms with Crippen molar-refractivity contribution in [3.63, 3.8) is 0 Å². The van der Waals surface area contributed by atoms with Gasteiger partial charge in [-0.2, -0.15) is 0 Å². The summed E-state index contributed by atoms with van der Waals surface area (Å²) in [6.07, 6.45) is 2.97. The second-order valence-electron chi connectivity index (χ2n) is 5.13. The molecule has 1 aromatic carbocycles. The number of aliphatic hydroxyl groups excluding tert-OH is 1. The molecular formula is C16H24O3S. The Hall–Kier alpha value is -1.13. The van der Waals surface area contributed by atoms with E-state index < -0.39 is 21.9 Å². The Bertz CT molecular complexity index is 520. The molecule has 1 N–H and O–H groups in total. The van der Waals surface area contributed by atoms with Crippen LogP contribution in [0.15, 0.2) is 46.7 Å². The van der Waals surface area contributed by atoms with E-state index in [0.29, 0.717) is 6.42 Å². The molecule has 0 fully saturated rings. The fourth-order valence-electron chi connectivity index (χ4n) is 2.06. The lowest BCUT2D eigenvalue weighted by molar-refractivity contribution is 0.123. The van der Waals surface area contributed by atoms with Crippen molar-refractivity contribution in [3.8, 4) is 0 Å². The van der Waals surface area contributed by atoms with Crippen LogP contribution in [-0.2, 0) is 9.84 Å². The molecule has 112 valence electrons. The van der Waals surface area contributed by atoms with E-state index in [-0.39, 0.29) is 9.80 Å². The van der Waals surface area contributed by atoms with Crippen molar-refractivity contribution in [2.24, 2.45) is 5.92 Å². The first-order valence-electron chi connectivity index (χ1n) is 7.08. The van der Waals surface area contributed by atoms with Crippen molar-refractivity contribution in [1.82, 2.24) is 0 Å². The summed E-state index contributed by atoms with van der Waals surface area (Å²) in [4.78, 5) is 0.324. The van der Waals surface area contributed by atoms with Gasteiger partial charge in [0, 0.05) is 10.8 Å². The molecule has 0 bridgehead atoms. The molecule has 20 heavy (non-hydrogen) atoms. The minimum Gasteiger partial charge on any atom is -0.392 e. The molecule has 0 aromatic heterocycles. The number of benzene rings is 1. The summed E-state index contributed by atoms with van der Waals surface area (Å²) in [7, 11) is -3.57. The summed E-state index contributed by atoms with van der Waals surface area (Å²) >= 11 is 0. The summed E-state index contributed by atoms with van der Waals surface area (Å²) in [6.45, 7) is 7.52. The van der Waals surface area contributed by atoms with E-state index in [2.05, 4.69) is 13.5 Å². The van der Waals surface area contributed by atoms with E-state index >= 15 is 0 Å². The summed E-state index contributed by atoms with van der Waals surface area (Å²) in [5.74, 6) is -0.461. The topological polar surface area (TPSA) is 54.4 Å². The van der Waals surface area contributed by atoms with Crippen molar-refractivity contribution >= 4 is 9.84 Å². The molecule has 0 unspecified atom stereocenters. The van der Waals surface area contributed by atoms with Gasteiger partial charge in [-0.25, -0.2) is 8.42 Å². The third-order valence-corrected chi connectivity index (χ3v) is 5.54. The lowest BCUT2D eigenvalue weighted by atomic mass is 9.99. The van der Waals surface area contributed by atoms with Crippen molar-refractivity contribution < 1.29 is 13.5 Å². The van der Waals surface area contributed by atoms with Gasteiger partial charge in [-0.15, -0.1) is 0 Å². The van der Waals surface area contributed by atoms with Crippen LogP contribution in [0.1, 0.15) is 39.5 Å². The molecule has 0 aliphatic heterocycles. The Morgan fingerprint density at radius 2 is 1.85 bits per heavy atom. The van der Waals surface area contributed by atoms with E-state index in [1.165, 1.54) is 0 Å². The molecule has 4 heteroatoms. The molecule has 1 aromatic rings. The van der Waals surface area contributed by atoms with E-state index in [4.69, 9.17) is 0 Å². The maximum atomic E-state index is 12.4. The van der Waals surface area contributed by atoms with Gasteiger partial charge in [-0.3, -0.25) is 0 Å². The smallest absolute Gasteiger partial charge is 0.202 e. The van der Waals surface area contributed by atoms with Gasteiger partial charge in [-0.05, 0) is 18.6 Å². The average Bonchev–Trinajstić information content (AvgIpc) is 2.46. The molecule has 0 aliphatic carbocycles. The van der Waals surface area contributed by atoms with E-state index in [1.807, 2.05) is 0 Å². The van der Waals surface area contributed by atoms with Gasteiger partial charge < -0.3 is 5.11 Å². The first kappa shape index (κ1) is 16.9. The normalized spacial score (nSPS) is 14.8. The molecule has 0 saturated heterocycles. The summed E-state index contributed by atoms with van der Waals surface area (Å²) in [5.41, 5.74) is 0. The van der Waals surface area contributed by atoms with Crippen LogP contribution >= 0.6 is 0 Å². The summed E-state index contributed by atoms with van der Waals surface area (Å²) < 4.78 is 24.8. The van der Waals surface area contributed by atoms with E-state index in [1.54, 1.807) is 37.3 Å². The maximum Gasteiger partial charge on any atom is 0.202 e. The SMILES string of the molecule is C=C([C@H](C)[C@@H](O)CCCCC)S(=O)(=O)c1ccccc1. The Morgan fingerprint density at radius 1 is 1.25 bits per heavy atom. The Morgan fingerprint density at radius 3 is 2.40 bits per heavy atom. The van der Waals surface area contributed by atoms with Crippen LogP contribution in [0.25, 0.3) is 0 Å². The van der Waals surface area contributed by atoms with Crippen molar-refractivity contribution in [3.05, 3.63) is 41.8 Å². The largest absolute Gasteiger partial charge is 0.392 e. The quantitative estimate of drug-likeness (QED) is 0.746. The number of aliphatic hydroxyl groups is 1.